The summed E-state index contributed by atoms with van der Waals surface area (Å²) < 4.78 is 38.4. The predicted octanol–water partition coefficient (Wildman–Crippen LogP) is 3.87. The zero-order valence-corrected chi connectivity index (χ0v) is 12.1. The van der Waals surface area contributed by atoms with Crippen LogP contribution in [0.3, 0.4) is 0 Å². The quantitative estimate of drug-likeness (QED) is 0.835. The zero-order valence-electron chi connectivity index (χ0n) is 11.3. The van der Waals surface area contributed by atoms with Crippen molar-refractivity contribution in [3.63, 3.8) is 0 Å². The van der Waals surface area contributed by atoms with E-state index in [0.29, 0.717) is 5.69 Å². The predicted molar refractivity (Wildman–Crippen MR) is 76.7 cm³/mol. The molecule has 0 heterocycles. The molecule has 0 fully saturated rings. The molecule has 0 spiro atoms. The van der Waals surface area contributed by atoms with E-state index in [-0.39, 0.29) is 11.7 Å². The molecule has 2 nitrogen and oxygen atoms in total. The lowest BCUT2D eigenvalue weighted by Gasteiger charge is -2.28. The number of nitrogens with zero attached hydrogens (tertiary/aromatic N) is 1. The topological polar surface area (TPSA) is 29.3 Å². The molecule has 0 radical (unpaired) electrons. The number of halogens is 3. The fourth-order valence-electron chi connectivity index (χ4n) is 1.75. The molecular weight excluding hydrogens is 273 g/mol. The Hall–Kier alpha value is -1.04. The molecule has 0 aliphatic heterocycles. The van der Waals surface area contributed by atoms with Crippen molar-refractivity contribution in [1.29, 1.82) is 0 Å². The van der Waals surface area contributed by atoms with Gasteiger partial charge in [0.2, 0.25) is 0 Å². The van der Waals surface area contributed by atoms with Gasteiger partial charge in [0, 0.05) is 24.5 Å². The Labute approximate surface area is 116 Å². The Bertz CT molecular complexity index is 421. The van der Waals surface area contributed by atoms with Crippen molar-refractivity contribution < 1.29 is 13.2 Å². The summed E-state index contributed by atoms with van der Waals surface area (Å²) >= 11 is 1.73. The van der Waals surface area contributed by atoms with Gasteiger partial charge in [-0.2, -0.15) is 24.9 Å². The molecule has 0 aromatic heterocycles. The number of benzene rings is 1. The van der Waals surface area contributed by atoms with Crippen molar-refractivity contribution in [3.05, 3.63) is 23.8 Å². The second-order valence-electron chi connectivity index (χ2n) is 4.51. The van der Waals surface area contributed by atoms with Crippen molar-refractivity contribution in [2.24, 2.45) is 0 Å². The molecule has 1 unspecified atom stereocenters. The van der Waals surface area contributed by atoms with Crippen LogP contribution in [-0.4, -0.2) is 25.1 Å². The first-order valence-corrected chi connectivity index (χ1v) is 7.35. The minimum atomic E-state index is -4.41. The summed E-state index contributed by atoms with van der Waals surface area (Å²) in [4.78, 5) is 1.85. The number of nitrogens with two attached hydrogens (primary N) is 1. The minimum absolute atomic E-state index is 0.178. The zero-order chi connectivity index (χ0) is 14.6. The van der Waals surface area contributed by atoms with Crippen LogP contribution < -0.4 is 10.6 Å². The van der Waals surface area contributed by atoms with Crippen molar-refractivity contribution in [2.45, 2.75) is 25.6 Å². The second-order valence-corrected chi connectivity index (χ2v) is 5.50. The molecule has 0 bridgehead atoms. The van der Waals surface area contributed by atoms with Crippen molar-refractivity contribution >= 4 is 23.1 Å². The van der Waals surface area contributed by atoms with Crippen molar-refractivity contribution in [3.8, 4) is 0 Å². The van der Waals surface area contributed by atoms with Crippen LogP contribution in [-0.2, 0) is 6.18 Å². The van der Waals surface area contributed by atoms with E-state index in [1.165, 1.54) is 6.07 Å². The van der Waals surface area contributed by atoms with E-state index in [1.54, 1.807) is 24.9 Å². The lowest BCUT2D eigenvalue weighted by Crippen LogP contribution is -2.29. The molecule has 1 rings (SSSR count). The molecule has 108 valence electrons. The number of hydrogen-bond donors (Lipinski definition) is 1. The molecule has 0 aliphatic carbocycles. The highest BCUT2D eigenvalue weighted by Gasteiger charge is 2.33. The van der Waals surface area contributed by atoms with Crippen LogP contribution in [0.25, 0.3) is 0 Å². The Balaban J connectivity index is 2.95. The maximum atomic E-state index is 12.8. The third-order valence-corrected chi connectivity index (χ3v) is 3.79. The maximum absolute atomic E-state index is 12.8. The molecule has 0 aliphatic rings. The van der Waals surface area contributed by atoms with Crippen molar-refractivity contribution in [1.82, 2.24) is 0 Å². The van der Waals surface area contributed by atoms with Crippen LogP contribution in [0.1, 0.15) is 18.9 Å². The van der Waals surface area contributed by atoms with Gasteiger partial charge < -0.3 is 10.6 Å². The number of alkyl halides is 3. The monoisotopic (exact) mass is 292 g/mol. The van der Waals surface area contributed by atoms with E-state index in [4.69, 9.17) is 5.73 Å². The van der Waals surface area contributed by atoms with Crippen LogP contribution in [0.5, 0.6) is 0 Å². The summed E-state index contributed by atoms with van der Waals surface area (Å²) in [6.07, 6.45) is -1.48. The van der Waals surface area contributed by atoms with Gasteiger partial charge in [0.1, 0.15) is 0 Å². The fourth-order valence-corrected chi connectivity index (χ4v) is 2.32. The largest absolute Gasteiger partial charge is 0.418 e. The van der Waals surface area contributed by atoms with Crippen LogP contribution in [0.15, 0.2) is 18.2 Å². The fraction of sp³-hybridized carbons (Fsp3) is 0.538. The summed E-state index contributed by atoms with van der Waals surface area (Å²) in [5.74, 6) is 0.979. The SMILES string of the molecule is CSCCC(C)N(C)c1ccc(N)c(C(F)(F)F)c1. The van der Waals surface area contributed by atoms with Gasteiger partial charge >= 0.3 is 6.18 Å². The maximum Gasteiger partial charge on any atom is 0.418 e. The molecule has 19 heavy (non-hydrogen) atoms. The summed E-state index contributed by atoms with van der Waals surface area (Å²) in [6, 6.07) is 4.23. The standard InChI is InChI=1S/C13H19F3N2S/c1-9(6-7-19-3)18(2)10-4-5-12(17)11(8-10)13(14,15)16/h4-5,8-9H,6-7,17H2,1-3H3. The van der Waals surface area contributed by atoms with Gasteiger partial charge in [-0.05, 0) is 43.6 Å². The average Bonchev–Trinajstić information content (AvgIpc) is 2.34. The summed E-state index contributed by atoms with van der Waals surface area (Å²) in [6.45, 7) is 2.00. The Morgan fingerprint density at radius 2 is 2.00 bits per heavy atom. The first-order valence-electron chi connectivity index (χ1n) is 5.96. The van der Waals surface area contributed by atoms with E-state index >= 15 is 0 Å². The van der Waals surface area contributed by atoms with E-state index in [2.05, 4.69) is 0 Å². The van der Waals surface area contributed by atoms with Crippen LogP contribution in [0, 0.1) is 0 Å². The van der Waals surface area contributed by atoms with Crippen LogP contribution in [0.4, 0.5) is 24.5 Å². The molecule has 2 N–H and O–H groups in total. The first-order chi connectivity index (χ1) is 8.77. The molecule has 0 amide bonds. The Morgan fingerprint density at radius 1 is 1.37 bits per heavy atom. The van der Waals surface area contributed by atoms with E-state index in [9.17, 15) is 13.2 Å². The number of nitrogen functional groups attached to an aromatic ring is 1. The highest BCUT2D eigenvalue weighted by atomic mass is 32.2. The first kappa shape index (κ1) is 16.0. The number of thioether (sulfide) groups is 1. The van der Waals surface area contributed by atoms with Crippen molar-refractivity contribution in [2.75, 3.05) is 29.7 Å². The van der Waals surface area contributed by atoms with E-state index < -0.39 is 11.7 Å². The smallest absolute Gasteiger partial charge is 0.398 e. The molecular formula is C13H19F3N2S. The Morgan fingerprint density at radius 3 is 2.53 bits per heavy atom. The summed E-state index contributed by atoms with van der Waals surface area (Å²) in [7, 11) is 1.80. The normalized spacial score (nSPS) is 13.4. The number of rotatable bonds is 5. The summed E-state index contributed by atoms with van der Waals surface area (Å²) in [5, 5.41) is 0. The molecule has 0 saturated heterocycles. The van der Waals surface area contributed by atoms with Gasteiger partial charge in [0.05, 0.1) is 5.56 Å². The number of hydrogen-bond acceptors (Lipinski definition) is 3. The highest BCUT2D eigenvalue weighted by molar-refractivity contribution is 7.98. The lowest BCUT2D eigenvalue weighted by atomic mass is 10.1. The van der Waals surface area contributed by atoms with Gasteiger partial charge in [-0.3, -0.25) is 0 Å². The van der Waals surface area contributed by atoms with Gasteiger partial charge in [-0.15, -0.1) is 0 Å². The highest BCUT2D eigenvalue weighted by Crippen LogP contribution is 2.36. The van der Waals surface area contributed by atoms with Crippen LogP contribution >= 0.6 is 11.8 Å². The summed E-state index contributed by atoms with van der Waals surface area (Å²) in [5.41, 5.74) is 4.92. The Kier molecular flexibility index (Phi) is 5.40. The molecule has 1 aromatic rings. The number of anilines is 2. The average molecular weight is 292 g/mol. The third kappa shape index (κ3) is 4.23. The van der Waals surface area contributed by atoms with E-state index in [0.717, 1.165) is 18.2 Å². The van der Waals surface area contributed by atoms with Gasteiger partial charge in [-0.1, -0.05) is 0 Å². The lowest BCUT2D eigenvalue weighted by molar-refractivity contribution is -0.136. The van der Waals surface area contributed by atoms with Crippen LogP contribution in [0.2, 0.25) is 0 Å². The van der Waals surface area contributed by atoms with Gasteiger partial charge in [0.25, 0.3) is 0 Å². The van der Waals surface area contributed by atoms with E-state index in [1.807, 2.05) is 18.1 Å². The van der Waals surface area contributed by atoms with Gasteiger partial charge in [-0.25, -0.2) is 0 Å². The second kappa shape index (κ2) is 6.41. The third-order valence-electron chi connectivity index (χ3n) is 3.15. The minimum Gasteiger partial charge on any atom is -0.398 e. The molecule has 6 heteroatoms. The molecule has 1 atom stereocenters. The van der Waals surface area contributed by atoms with Gasteiger partial charge in [0.15, 0.2) is 0 Å². The molecule has 0 saturated carbocycles. The molecule has 1 aromatic carbocycles.